The summed E-state index contributed by atoms with van der Waals surface area (Å²) in [5.74, 6) is -1.44. The first-order chi connectivity index (χ1) is 13.2. The van der Waals surface area contributed by atoms with Gasteiger partial charge < -0.3 is 9.84 Å². The highest BCUT2D eigenvalue weighted by Crippen LogP contribution is 2.36. The van der Waals surface area contributed by atoms with Crippen molar-refractivity contribution in [1.82, 2.24) is 5.32 Å². The predicted molar refractivity (Wildman–Crippen MR) is 115 cm³/mol. The van der Waals surface area contributed by atoms with Crippen LogP contribution >= 0.6 is 51.3 Å². The molecular weight excluding hydrogens is 491 g/mol. The first-order valence-corrected chi connectivity index (χ1v) is 9.61. The van der Waals surface area contributed by atoms with Gasteiger partial charge in [-0.05, 0) is 48.6 Å². The Kier molecular flexibility index (Phi) is 5.95. The highest BCUT2D eigenvalue weighted by atomic mass is 79.9. The molecule has 1 aliphatic heterocycles. The number of anilines is 1. The maximum Gasteiger partial charge on any atom is 0.270 e. The van der Waals surface area contributed by atoms with E-state index in [1.807, 2.05) is 0 Å². The average molecular weight is 502 g/mol. The number of hydrogen-bond acceptors (Lipinski definition) is 5. The Hall–Kier alpha value is -2.13. The second-order valence-electron chi connectivity index (χ2n) is 5.60. The fourth-order valence-electron chi connectivity index (χ4n) is 2.55. The number of thiocarbonyl (C=S) groups is 1. The van der Waals surface area contributed by atoms with Crippen LogP contribution in [0.1, 0.15) is 5.56 Å². The van der Waals surface area contributed by atoms with E-state index < -0.39 is 11.8 Å². The topological polar surface area (TPSA) is 78.9 Å². The number of rotatable bonds is 3. The van der Waals surface area contributed by atoms with E-state index in [1.165, 1.54) is 31.4 Å². The minimum atomic E-state index is -0.699. The van der Waals surface area contributed by atoms with Crippen LogP contribution in [0.15, 0.2) is 40.4 Å². The molecule has 0 spiro atoms. The zero-order valence-corrected chi connectivity index (χ0v) is 18.0. The number of ether oxygens (including phenoxy) is 1. The smallest absolute Gasteiger partial charge is 0.270 e. The van der Waals surface area contributed by atoms with Gasteiger partial charge in [-0.1, -0.05) is 39.1 Å². The van der Waals surface area contributed by atoms with Crippen molar-refractivity contribution in [2.75, 3.05) is 12.0 Å². The molecule has 1 saturated heterocycles. The fourth-order valence-corrected chi connectivity index (χ4v) is 3.78. The number of carbonyl (C=O) groups excluding carboxylic acids is 2. The van der Waals surface area contributed by atoms with Crippen LogP contribution < -0.4 is 15.0 Å². The molecule has 3 rings (SSSR count). The number of halogens is 3. The van der Waals surface area contributed by atoms with Gasteiger partial charge in [-0.15, -0.1) is 0 Å². The van der Waals surface area contributed by atoms with Gasteiger partial charge in [0, 0.05) is 15.1 Å². The highest BCUT2D eigenvalue weighted by molar-refractivity contribution is 9.10. The van der Waals surface area contributed by atoms with Gasteiger partial charge in [-0.2, -0.15) is 0 Å². The Morgan fingerprint density at radius 1 is 1.25 bits per heavy atom. The Bertz CT molecular complexity index is 1060. The van der Waals surface area contributed by atoms with E-state index in [-0.39, 0.29) is 38.5 Å². The van der Waals surface area contributed by atoms with E-state index in [0.717, 1.165) is 4.90 Å². The lowest BCUT2D eigenvalue weighted by Gasteiger charge is -2.29. The minimum absolute atomic E-state index is 0.118. The molecule has 1 heterocycles. The van der Waals surface area contributed by atoms with Gasteiger partial charge in [0.1, 0.15) is 5.57 Å². The first kappa shape index (κ1) is 20.6. The van der Waals surface area contributed by atoms with E-state index in [2.05, 4.69) is 21.2 Å². The molecule has 28 heavy (non-hydrogen) atoms. The van der Waals surface area contributed by atoms with E-state index >= 15 is 0 Å². The van der Waals surface area contributed by atoms with Crippen molar-refractivity contribution in [3.8, 4) is 11.5 Å². The van der Waals surface area contributed by atoms with Gasteiger partial charge in [0.25, 0.3) is 11.8 Å². The number of phenols is 1. The van der Waals surface area contributed by atoms with E-state index in [1.54, 1.807) is 12.1 Å². The van der Waals surface area contributed by atoms with Crippen molar-refractivity contribution >= 4 is 80.0 Å². The van der Waals surface area contributed by atoms with Crippen molar-refractivity contribution in [3.63, 3.8) is 0 Å². The van der Waals surface area contributed by atoms with Gasteiger partial charge in [0.05, 0.1) is 17.8 Å². The molecule has 1 aliphatic rings. The van der Waals surface area contributed by atoms with Crippen molar-refractivity contribution in [3.05, 3.63) is 56.0 Å². The van der Waals surface area contributed by atoms with Gasteiger partial charge in [-0.25, -0.2) is 0 Å². The van der Waals surface area contributed by atoms with E-state index in [9.17, 15) is 14.7 Å². The summed E-state index contributed by atoms with van der Waals surface area (Å²) in [6, 6.07) is 7.61. The number of carbonyl (C=O) groups is 2. The Labute approximate surface area is 183 Å². The van der Waals surface area contributed by atoms with Crippen LogP contribution in [-0.2, 0) is 9.59 Å². The number of phenolic OH excluding ortho intramolecular Hbond substituents is 1. The number of benzene rings is 2. The molecule has 0 saturated carbocycles. The summed E-state index contributed by atoms with van der Waals surface area (Å²) in [5.41, 5.74) is 0.234. The van der Waals surface area contributed by atoms with Crippen molar-refractivity contribution in [2.45, 2.75) is 0 Å². The molecule has 10 heteroatoms. The Morgan fingerprint density at radius 2 is 1.96 bits per heavy atom. The Morgan fingerprint density at radius 3 is 2.61 bits per heavy atom. The van der Waals surface area contributed by atoms with Gasteiger partial charge in [-0.3, -0.25) is 19.8 Å². The third-order valence-electron chi connectivity index (χ3n) is 3.84. The largest absolute Gasteiger partial charge is 0.504 e. The van der Waals surface area contributed by atoms with E-state index in [4.69, 9.17) is 40.2 Å². The number of amides is 2. The normalized spacial score (nSPS) is 15.8. The molecule has 0 radical (unpaired) electrons. The monoisotopic (exact) mass is 500 g/mol. The van der Waals surface area contributed by atoms with Crippen molar-refractivity contribution in [1.29, 1.82) is 0 Å². The summed E-state index contributed by atoms with van der Waals surface area (Å²) in [4.78, 5) is 26.5. The van der Waals surface area contributed by atoms with Crippen molar-refractivity contribution < 1.29 is 19.4 Å². The summed E-state index contributed by atoms with van der Waals surface area (Å²) in [6.07, 6.45) is 1.25. The van der Waals surface area contributed by atoms with Crippen LogP contribution in [0, 0.1) is 0 Å². The molecule has 144 valence electrons. The lowest BCUT2D eigenvalue weighted by molar-refractivity contribution is -0.122. The summed E-state index contributed by atoms with van der Waals surface area (Å²) >= 11 is 20.5. The second kappa shape index (κ2) is 8.08. The predicted octanol–water partition coefficient (Wildman–Crippen LogP) is 4.30. The third kappa shape index (κ3) is 3.86. The standard InChI is InChI=1S/C18H11BrCl2N2O4S/c1-27-14-6-9(19)4-8(15(14)24)5-11-16(25)22-18(28)23(17(11)26)13-3-2-10(20)7-12(13)21/h2-7,24H,1H3,(H,22,25,28)/b11-5+. The average Bonchev–Trinajstić information content (AvgIpc) is 2.62. The Balaban J connectivity index is 2.11. The van der Waals surface area contributed by atoms with Gasteiger partial charge >= 0.3 is 0 Å². The number of hydrogen-bond donors (Lipinski definition) is 2. The SMILES string of the molecule is COc1cc(Br)cc(/C=C2\C(=O)NC(=S)N(c3ccc(Cl)cc3Cl)C2=O)c1O. The van der Waals surface area contributed by atoms with Crippen molar-refractivity contribution in [2.24, 2.45) is 0 Å². The van der Waals surface area contributed by atoms with Crippen LogP contribution in [0.2, 0.25) is 10.0 Å². The lowest BCUT2D eigenvalue weighted by atomic mass is 10.1. The zero-order chi connectivity index (χ0) is 20.6. The summed E-state index contributed by atoms with van der Waals surface area (Å²) in [7, 11) is 1.39. The molecule has 2 aromatic rings. The molecule has 0 aromatic heterocycles. The van der Waals surface area contributed by atoms with Crippen LogP contribution in [0.4, 0.5) is 5.69 Å². The van der Waals surface area contributed by atoms with E-state index in [0.29, 0.717) is 9.50 Å². The molecule has 0 unspecified atom stereocenters. The molecule has 2 amide bonds. The third-order valence-corrected chi connectivity index (χ3v) is 5.12. The second-order valence-corrected chi connectivity index (χ2v) is 7.75. The molecular formula is C18H11BrCl2N2O4S. The summed E-state index contributed by atoms with van der Waals surface area (Å²) in [5, 5.41) is 13.2. The number of nitrogens with zero attached hydrogens (tertiary/aromatic N) is 1. The highest BCUT2D eigenvalue weighted by Gasteiger charge is 2.35. The molecule has 0 bridgehead atoms. The quantitative estimate of drug-likeness (QED) is 0.372. The number of nitrogens with one attached hydrogen (secondary N) is 1. The molecule has 2 N–H and O–H groups in total. The molecule has 2 aromatic carbocycles. The van der Waals surface area contributed by atoms with Gasteiger partial charge in [0.2, 0.25) is 0 Å². The molecule has 0 aliphatic carbocycles. The number of aromatic hydroxyl groups is 1. The molecule has 6 nitrogen and oxygen atoms in total. The van der Waals surface area contributed by atoms with Crippen LogP contribution in [0.25, 0.3) is 6.08 Å². The molecule has 0 atom stereocenters. The van der Waals surface area contributed by atoms with Crippen LogP contribution in [0.5, 0.6) is 11.5 Å². The maximum absolute atomic E-state index is 13.0. The lowest BCUT2D eigenvalue weighted by Crippen LogP contribution is -2.54. The van der Waals surface area contributed by atoms with Crippen LogP contribution in [0.3, 0.4) is 0 Å². The maximum atomic E-state index is 13.0. The summed E-state index contributed by atoms with van der Waals surface area (Å²) in [6.45, 7) is 0. The fraction of sp³-hybridized carbons (Fsp3) is 0.0556. The number of methoxy groups -OCH3 is 1. The zero-order valence-electron chi connectivity index (χ0n) is 14.1. The summed E-state index contributed by atoms with van der Waals surface area (Å²) < 4.78 is 5.68. The minimum Gasteiger partial charge on any atom is -0.504 e. The van der Waals surface area contributed by atoms with Gasteiger partial charge in [0.15, 0.2) is 16.6 Å². The molecule has 1 fully saturated rings. The first-order valence-electron chi connectivity index (χ1n) is 7.66. The van der Waals surface area contributed by atoms with Crippen LogP contribution in [-0.4, -0.2) is 29.1 Å².